The molecule has 0 bridgehead atoms. The van der Waals surface area contributed by atoms with Gasteiger partial charge in [0.25, 0.3) is 10.1 Å². The van der Waals surface area contributed by atoms with Crippen LogP contribution < -0.4 is 0 Å². The number of nitrogens with zero attached hydrogens (tertiary/aromatic N) is 1. The fourth-order valence-corrected chi connectivity index (χ4v) is 2.87. The number of unbranched alkanes of at least 4 members (excludes halogenated alkanes) is 7. The highest BCUT2D eigenvalue weighted by atomic mass is 32.2. The van der Waals surface area contributed by atoms with Crippen LogP contribution in [0.4, 0.5) is 0 Å². The molecule has 7 heteroatoms. The van der Waals surface area contributed by atoms with Crippen LogP contribution in [-0.4, -0.2) is 54.8 Å². The summed E-state index contributed by atoms with van der Waals surface area (Å²) in [5.41, 5.74) is 0. The Morgan fingerprint density at radius 2 is 1.42 bits per heavy atom. The number of carbonyl (C=O) groups is 1. The summed E-state index contributed by atoms with van der Waals surface area (Å²) < 4.78 is 25.9. The Morgan fingerprint density at radius 3 is 1.83 bits per heavy atom. The maximum atomic E-state index is 10.8. The lowest BCUT2D eigenvalue weighted by molar-refractivity contribution is -0.143. The molecular weight excluding hydrogens is 330 g/mol. The van der Waals surface area contributed by atoms with Gasteiger partial charge in [-0.05, 0) is 38.9 Å². The topological polar surface area (TPSA) is 94.9 Å². The Bertz CT molecular complexity index is 409. The molecule has 2 N–H and O–H groups in total. The van der Waals surface area contributed by atoms with Crippen molar-refractivity contribution in [3.05, 3.63) is 0 Å². The minimum Gasteiger partial charge on any atom is -0.481 e. The lowest BCUT2D eigenvalue weighted by Gasteiger charge is -2.29. The van der Waals surface area contributed by atoms with Crippen molar-refractivity contribution in [2.45, 2.75) is 71.1 Å². The van der Waals surface area contributed by atoms with Gasteiger partial charge in [-0.2, -0.15) is 8.42 Å². The predicted octanol–water partition coefficient (Wildman–Crippen LogP) is 3.43. The minimum absolute atomic E-state index is 0.0881. The molecule has 0 amide bonds. The number of rotatable bonds is 10. The second kappa shape index (κ2) is 13.6. The first-order valence-electron chi connectivity index (χ1n) is 9.11. The number of piperidine rings is 1. The van der Waals surface area contributed by atoms with E-state index in [4.69, 9.17) is 9.66 Å². The summed E-state index contributed by atoms with van der Waals surface area (Å²) in [6.45, 7) is 5.38. The van der Waals surface area contributed by atoms with Gasteiger partial charge in [0.05, 0.1) is 12.2 Å². The maximum Gasteiger partial charge on any atom is 0.306 e. The van der Waals surface area contributed by atoms with Crippen molar-refractivity contribution in [1.82, 2.24) is 4.90 Å². The molecule has 1 aliphatic heterocycles. The first kappa shape index (κ1) is 23.3. The zero-order valence-corrected chi connectivity index (χ0v) is 16.1. The number of hydrogen-bond acceptors (Lipinski definition) is 4. The van der Waals surface area contributed by atoms with E-state index in [0.29, 0.717) is 6.26 Å². The molecule has 1 heterocycles. The van der Waals surface area contributed by atoms with Crippen molar-refractivity contribution in [1.29, 1.82) is 0 Å². The Balaban J connectivity index is 0.000000922. The van der Waals surface area contributed by atoms with E-state index in [1.165, 1.54) is 57.9 Å². The standard InChI is InChI=1S/C16H31NO2.CH4O3S/c1-2-3-4-5-6-7-8-9-12-17-13-10-15(11-14-17)16(18)19;1-5(2,3)4/h15H,2-14H2,1H3,(H,18,19);1H3,(H,2,3,4). The lowest BCUT2D eigenvalue weighted by atomic mass is 9.97. The van der Waals surface area contributed by atoms with Crippen LogP contribution in [0.3, 0.4) is 0 Å². The van der Waals surface area contributed by atoms with Crippen LogP contribution in [0.1, 0.15) is 71.1 Å². The van der Waals surface area contributed by atoms with E-state index in [0.717, 1.165) is 25.9 Å². The molecule has 0 radical (unpaired) electrons. The summed E-state index contributed by atoms with van der Waals surface area (Å²) >= 11 is 0. The molecule has 144 valence electrons. The first-order chi connectivity index (χ1) is 11.2. The van der Waals surface area contributed by atoms with Crippen molar-refractivity contribution in [3.63, 3.8) is 0 Å². The number of hydrogen-bond donors (Lipinski definition) is 2. The molecule has 1 aliphatic rings. The Morgan fingerprint density at radius 1 is 1.00 bits per heavy atom. The molecule has 0 unspecified atom stereocenters. The summed E-state index contributed by atoms with van der Waals surface area (Å²) in [6.07, 6.45) is 13.3. The lowest BCUT2D eigenvalue weighted by Crippen LogP contribution is -2.36. The predicted molar refractivity (Wildman–Crippen MR) is 96.9 cm³/mol. The van der Waals surface area contributed by atoms with Crippen LogP contribution in [0.2, 0.25) is 0 Å². The van der Waals surface area contributed by atoms with E-state index in [-0.39, 0.29) is 5.92 Å². The van der Waals surface area contributed by atoms with Gasteiger partial charge in [-0.15, -0.1) is 0 Å². The van der Waals surface area contributed by atoms with Gasteiger partial charge < -0.3 is 10.0 Å². The third kappa shape index (κ3) is 16.2. The average molecular weight is 366 g/mol. The molecule has 0 aliphatic carbocycles. The smallest absolute Gasteiger partial charge is 0.306 e. The Kier molecular flexibility index (Phi) is 13.2. The van der Waals surface area contributed by atoms with Gasteiger partial charge in [0.1, 0.15) is 0 Å². The van der Waals surface area contributed by atoms with Crippen LogP contribution in [0, 0.1) is 5.92 Å². The van der Waals surface area contributed by atoms with Crippen molar-refractivity contribution in [3.8, 4) is 0 Å². The van der Waals surface area contributed by atoms with Crippen LogP contribution in [0.5, 0.6) is 0 Å². The van der Waals surface area contributed by atoms with Gasteiger partial charge in [0.15, 0.2) is 0 Å². The molecule has 24 heavy (non-hydrogen) atoms. The molecule has 0 atom stereocenters. The van der Waals surface area contributed by atoms with E-state index >= 15 is 0 Å². The van der Waals surface area contributed by atoms with Crippen LogP contribution in [-0.2, 0) is 14.9 Å². The molecule has 0 aromatic heterocycles. The van der Waals surface area contributed by atoms with Gasteiger partial charge in [-0.3, -0.25) is 9.35 Å². The third-order valence-electron chi connectivity index (χ3n) is 4.26. The SMILES string of the molecule is CCCCCCCCCCN1CCC(C(=O)O)CC1.CS(=O)(=O)O. The third-order valence-corrected chi connectivity index (χ3v) is 4.26. The molecule has 0 aromatic rings. The highest BCUT2D eigenvalue weighted by molar-refractivity contribution is 7.85. The molecule has 6 nitrogen and oxygen atoms in total. The molecule has 0 spiro atoms. The van der Waals surface area contributed by atoms with E-state index < -0.39 is 16.1 Å². The van der Waals surface area contributed by atoms with Gasteiger partial charge >= 0.3 is 5.97 Å². The zero-order chi connectivity index (χ0) is 18.4. The van der Waals surface area contributed by atoms with E-state index in [1.807, 2.05) is 0 Å². The summed E-state index contributed by atoms with van der Waals surface area (Å²) in [4.78, 5) is 13.3. The number of carboxylic acid groups (broad SMARTS) is 1. The maximum absolute atomic E-state index is 10.8. The van der Waals surface area contributed by atoms with Gasteiger partial charge in [0.2, 0.25) is 0 Å². The van der Waals surface area contributed by atoms with Gasteiger partial charge in [-0.1, -0.05) is 51.9 Å². The number of carboxylic acids is 1. The first-order valence-corrected chi connectivity index (χ1v) is 11.0. The van der Waals surface area contributed by atoms with Crippen molar-refractivity contribution >= 4 is 16.1 Å². The molecule has 0 saturated carbocycles. The van der Waals surface area contributed by atoms with Crippen molar-refractivity contribution in [2.24, 2.45) is 5.92 Å². The highest BCUT2D eigenvalue weighted by Gasteiger charge is 2.23. The highest BCUT2D eigenvalue weighted by Crippen LogP contribution is 2.18. The molecular formula is C17H35NO5S. The Labute approximate surface area is 147 Å². The van der Waals surface area contributed by atoms with Gasteiger partial charge in [-0.25, -0.2) is 0 Å². The average Bonchev–Trinajstić information content (AvgIpc) is 2.49. The Hall–Kier alpha value is -0.660. The summed E-state index contributed by atoms with van der Waals surface area (Å²) in [5.74, 6) is -0.693. The molecule has 0 aromatic carbocycles. The second-order valence-corrected chi connectivity index (χ2v) is 8.13. The van der Waals surface area contributed by atoms with Crippen LogP contribution in [0.15, 0.2) is 0 Å². The van der Waals surface area contributed by atoms with Crippen LogP contribution >= 0.6 is 0 Å². The van der Waals surface area contributed by atoms with Crippen LogP contribution in [0.25, 0.3) is 0 Å². The number of likely N-dealkylation sites (tertiary alicyclic amines) is 1. The largest absolute Gasteiger partial charge is 0.481 e. The van der Waals surface area contributed by atoms with Crippen molar-refractivity contribution < 1.29 is 22.9 Å². The molecule has 1 rings (SSSR count). The van der Waals surface area contributed by atoms with E-state index in [2.05, 4.69) is 11.8 Å². The fourth-order valence-electron chi connectivity index (χ4n) is 2.87. The van der Waals surface area contributed by atoms with E-state index in [9.17, 15) is 13.2 Å². The zero-order valence-electron chi connectivity index (χ0n) is 15.2. The van der Waals surface area contributed by atoms with Crippen molar-refractivity contribution in [2.75, 3.05) is 25.9 Å². The summed E-state index contributed by atoms with van der Waals surface area (Å²) in [6, 6.07) is 0. The fraction of sp³-hybridized carbons (Fsp3) is 0.941. The normalized spacial score (nSPS) is 16.5. The van der Waals surface area contributed by atoms with Gasteiger partial charge in [0, 0.05) is 0 Å². The summed E-state index contributed by atoms with van der Waals surface area (Å²) in [5, 5.41) is 8.94. The molecule has 1 saturated heterocycles. The monoisotopic (exact) mass is 365 g/mol. The minimum atomic E-state index is -3.67. The molecule has 1 fully saturated rings. The number of aliphatic carboxylic acids is 1. The second-order valence-electron chi connectivity index (χ2n) is 6.66. The quantitative estimate of drug-likeness (QED) is 0.455. The summed E-state index contributed by atoms with van der Waals surface area (Å²) in [7, 11) is -3.67. The van der Waals surface area contributed by atoms with E-state index in [1.54, 1.807) is 0 Å².